The van der Waals surface area contributed by atoms with E-state index in [-0.39, 0.29) is 18.2 Å². The summed E-state index contributed by atoms with van der Waals surface area (Å²) in [5, 5.41) is 14.0. The van der Waals surface area contributed by atoms with E-state index in [9.17, 15) is 9.59 Å². The van der Waals surface area contributed by atoms with Crippen LogP contribution in [-0.4, -0.2) is 43.9 Å². The lowest BCUT2D eigenvalue weighted by Crippen LogP contribution is -2.23. The zero-order valence-electron chi connectivity index (χ0n) is 16.8. The van der Waals surface area contributed by atoms with Crippen molar-refractivity contribution in [3.8, 4) is 5.75 Å². The standard InChI is InChI=1S/C20H22N6O3S/c1-13(19(28)22-14-7-6-10-21-12-14)30-20-25-24-17(26(20)2)11-18(27)23-15-8-4-5-9-16(15)29-3/h4-10,12-13H,11H2,1-3H3,(H,22,28)(H,23,27)/t13-/m0/s1. The van der Waals surface area contributed by atoms with Gasteiger partial charge in [-0.2, -0.15) is 0 Å². The molecule has 0 spiro atoms. The van der Waals surface area contributed by atoms with Crippen LogP contribution in [0.2, 0.25) is 0 Å². The summed E-state index contributed by atoms with van der Waals surface area (Å²) in [5.74, 6) is 0.652. The lowest BCUT2D eigenvalue weighted by molar-refractivity contribution is -0.116. The normalized spacial score (nSPS) is 11.6. The predicted molar refractivity (Wildman–Crippen MR) is 115 cm³/mol. The van der Waals surface area contributed by atoms with Crippen LogP contribution in [0.15, 0.2) is 53.9 Å². The highest BCUT2D eigenvalue weighted by atomic mass is 32.2. The first kappa shape index (κ1) is 21.3. The first-order valence-electron chi connectivity index (χ1n) is 9.16. The van der Waals surface area contributed by atoms with Crippen LogP contribution in [0.1, 0.15) is 12.7 Å². The molecular weight excluding hydrogens is 404 g/mol. The minimum Gasteiger partial charge on any atom is -0.495 e. The highest BCUT2D eigenvalue weighted by molar-refractivity contribution is 8.00. The SMILES string of the molecule is COc1ccccc1NC(=O)Cc1nnc(S[C@@H](C)C(=O)Nc2cccnc2)n1C. The van der Waals surface area contributed by atoms with Crippen molar-refractivity contribution in [1.82, 2.24) is 19.7 Å². The summed E-state index contributed by atoms with van der Waals surface area (Å²) in [6.45, 7) is 1.78. The Labute approximate surface area is 178 Å². The zero-order chi connectivity index (χ0) is 21.5. The van der Waals surface area contributed by atoms with E-state index in [4.69, 9.17) is 4.74 Å². The van der Waals surface area contributed by atoms with Gasteiger partial charge in [0.2, 0.25) is 11.8 Å². The number of hydrogen-bond donors (Lipinski definition) is 2. The maximum Gasteiger partial charge on any atom is 0.237 e. The molecule has 9 nitrogen and oxygen atoms in total. The summed E-state index contributed by atoms with van der Waals surface area (Å²) in [5.41, 5.74) is 1.21. The van der Waals surface area contributed by atoms with Crippen LogP contribution in [0.5, 0.6) is 5.75 Å². The first-order chi connectivity index (χ1) is 14.5. The van der Waals surface area contributed by atoms with Gasteiger partial charge in [-0.25, -0.2) is 0 Å². The van der Waals surface area contributed by atoms with Crippen molar-refractivity contribution in [2.75, 3.05) is 17.7 Å². The summed E-state index contributed by atoms with van der Waals surface area (Å²) < 4.78 is 6.95. The van der Waals surface area contributed by atoms with Crippen molar-refractivity contribution in [2.45, 2.75) is 23.8 Å². The number of ether oxygens (including phenoxy) is 1. The molecule has 2 aromatic heterocycles. The van der Waals surface area contributed by atoms with E-state index in [0.717, 1.165) is 0 Å². The van der Waals surface area contributed by atoms with Gasteiger partial charge in [0.15, 0.2) is 5.16 Å². The molecule has 10 heteroatoms. The number of nitrogens with zero attached hydrogens (tertiary/aromatic N) is 4. The fourth-order valence-electron chi connectivity index (χ4n) is 2.58. The molecule has 156 valence electrons. The number of amides is 2. The van der Waals surface area contributed by atoms with Crippen LogP contribution in [0.3, 0.4) is 0 Å². The molecule has 0 saturated carbocycles. The van der Waals surface area contributed by atoms with E-state index < -0.39 is 5.25 Å². The van der Waals surface area contributed by atoms with Gasteiger partial charge < -0.3 is 19.9 Å². The summed E-state index contributed by atoms with van der Waals surface area (Å²) in [6.07, 6.45) is 3.26. The number of nitrogens with one attached hydrogen (secondary N) is 2. The summed E-state index contributed by atoms with van der Waals surface area (Å²) in [4.78, 5) is 28.8. The zero-order valence-corrected chi connectivity index (χ0v) is 17.6. The number of rotatable bonds is 8. The second-order valence-corrected chi connectivity index (χ2v) is 7.68. The molecule has 0 saturated heterocycles. The van der Waals surface area contributed by atoms with Gasteiger partial charge in [-0.05, 0) is 31.2 Å². The molecule has 2 heterocycles. The van der Waals surface area contributed by atoms with E-state index >= 15 is 0 Å². The molecule has 3 rings (SSSR count). The van der Waals surface area contributed by atoms with Gasteiger partial charge in [0.05, 0.1) is 36.4 Å². The Balaban J connectivity index is 1.60. The number of para-hydroxylation sites is 2. The average molecular weight is 427 g/mol. The van der Waals surface area contributed by atoms with E-state index in [0.29, 0.717) is 28.1 Å². The van der Waals surface area contributed by atoms with Crippen molar-refractivity contribution in [3.05, 3.63) is 54.6 Å². The molecule has 0 radical (unpaired) electrons. The summed E-state index contributed by atoms with van der Waals surface area (Å²) in [7, 11) is 3.31. The topological polar surface area (TPSA) is 111 Å². The third kappa shape index (κ3) is 5.35. The first-order valence-corrected chi connectivity index (χ1v) is 10.0. The highest BCUT2D eigenvalue weighted by Gasteiger charge is 2.20. The Kier molecular flexibility index (Phi) is 7.02. The molecule has 30 heavy (non-hydrogen) atoms. The third-order valence-electron chi connectivity index (χ3n) is 4.21. The Morgan fingerprint density at radius 2 is 1.97 bits per heavy atom. The van der Waals surface area contributed by atoms with Crippen molar-refractivity contribution >= 4 is 35.0 Å². The fourth-order valence-corrected chi connectivity index (χ4v) is 3.41. The van der Waals surface area contributed by atoms with Gasteiger partial charge >= 0.3 is 0 Å². The summed E-state index contributed by atoms with van der Waals surface area (Å²) >= 11 is 1.26. The Bertz CT molecular complexity index is 1020. The lowest BCUT2D eigenvalue weighted by atomic mass is 10.2. The molecule has 1 atom stereocenters. The van der Waals surface area contributed by atoms with Gasteiger partial charge in [0, 0.05) is 13.2 Å². The van der Waals surface area contributed by atoms with Crippen molar-refractivity contribution < 1.29 is 14.3 Å². The lowest BCUT2D eigenvalue weighted by Gasteiger charge is -2.12. The van der Waals surface area contributed by atoms with Crippen LogP contribution in [0, 0.1) is 0 Å². The molecule has 0 aliphatic rings. The summed E-state index contributed by atoms with van der Waals surface area (Å²) in [6, 6.07) is 10.7. The number of carbonyl (C=O) groups is 2. The number of thioether (sulfide) groups is 1. The molecule has 3 aromatic rings. The Morgan fingerprint density at radius 1 is 1.17 bits per heavy atom. The van der Waals surface area contributed by atoms with Gasteiger partial charge in [-0.15, -0.1) is 10.2 Å². The molecule has 2 amide bonds. The average Bonchev–Trinajstić information content (AvgIpc) is 3.08. The van der Waals surface area contributed by atoms with E-state index in [1.165, 1.54) is 11.8 Å². The smallest absolute Gasteiger partial charge is 0.237 e. The Morgan fingerprint density at radius 3 is 2.70 bits per heavy atom. The maximum absolute atomic E-state index is 12.4. The minimum atomic E-state index is -0.414. The highest BCUT2D eigenvalue weighted by Crippen LogP contribution is 2.24. The second kappa shape index (κ2) is 9.88. The quantitative estimate of drug-likeness (QED) is 0.533. The van der Waals surface area contributed by atoms with Crippen LogP contribution >= 0.6 is 11.8 Å². The molecule has 1 aromatic carbocycles. The number of benzene rings is 1. The minimum absolute atomic E-state index is 0.0401. The largest absolute Gasteiger partial charge is 0.495 e. The van der Waals surface area contributed by atoms with Crippen LogP contribution in [0.25, 0.3) is 0 Å². The fraction of sp³-hybridized carbons (Fsp3) is 0.250. The number of anilines is 2. The van der Waals surface area contributed by atoms with Gasteiger partial charge in [0.1, 0.15) is 11.6 Å². The molecule has 0 fully saturated rings. The monoisotopic (exact) mass is 426 g/mol. The molecule has 0 unspecified atom stereocenters. The number of pyridine rings is 1. The van der Waals surface area contributed by atoms with Crippen LogP contribution in [0.4, 0.5) is 11.4 Å². The molecule has 0 aliphatic heterocycles. The number of methoxy groups -OCH3 is 1. The number of hydrogen-bond acceptors (Lipinski definition) is 7. The number of carbonyl (C=O) groups excluding carboxylic acids is 2. The second-order valence-electron chi connectivity index (χ2n) is 6.37. The van der Waals surface area contributed by atoms with E-state index in [1.54, 1.807) is 62.3 Å². The van der Waals surface area contributed by atoms with E-state index in [2.05, 4.69) is 25.8 Å². The molecule has 0 aliphatic carbocycles. The van der Waals surface area contributed by atoms with Crippen molar-refractivity contribution in [1.29, 1.82) is 0 Å². The van der Waals surface area contributed by atoms with Gasteiger partial charge in [-0.1, -0.05) is 23.9 Å². The van der Waals surface area contributed by atoms with Gasteiger partial charge in [-0.3, -0.25) is 14.6 Å². The maximum atomic E-state index is 12.4. The molecule has 0 bridgehead atoms. The number of aromatic nitrogens is 4. The predicted octanol–water partition coefficient (Wildman–Crippen LogP) is 2.52. The van der Waals surface area contributed by atoms with Crippen molar-refractivity contribution in [2.24, 2.45) is 7.05 Å². The Hall–Kier alpha value is -3.40. The van der Waals surface area contributed by atoms with Crippen LogP contribution in [-0.2, 0) is 23.1 Å². The van der Waals surface area contributed by atoms with E-state index in [1.807, 2.05) is 12.1 Å². The van der Waals surface area contributed by atoms with Gasteiger partial charge in [0.25, 0.3) is 0 Å². The van der Waals surface area contributed by atoms with Crippen molar-refractivity contribution in [3.63, 3.8) is 0 Å². The van der Waals surface area contributed by atoms with Crippen LogP contribution < -0.4 is 15.4 Å². The third-order valence-corrected chi connectivity index (χ3v) is 5.34. The molecular formula is C20H22N6O3S. The molecule has 2 N–H and O–H groups in total.